The Balaban J connectivity index is 3.11. The van der Waals surface area contributed by atoms with E-state index >= 15 is 0 Å². The molecular formula is C13H18N2O5S. The van der Waals surface area contributed by atoms with Crippen molar-refractivity contribution in [3.8, 4) is 0 Å². The number of nitrogens with one attached hydrogen (secondary N) is 1. The first kappa shape index (κ1) is 17.1. The van der Waals surface area contributed by atoms with Crippen LogP contribution in [0.15, 0.2) is 29.2 Å². The summed E-state index contributed by atoms with van der Waals surface area (Å²) in [4.78, 5) is 22.0. The van der Waals surface area contributed by atoms with Gasteiger partial charge >= 0.3 is 5.97 Å². The minimum Gasteiger partial charge on any atom is -0.480 e. The molecule has 0 heterocycles. The normalized spacial score (nSPS) is 13.7. The number of sulfonamides is 1. The van der Waals surface area contributed by atoms with Gasteiger partial charge in [-0.05, 0) is 29.7 Å². The van der Waals surface area contributed by atoms with E-state index < -0.39 is 33.4 Å². The van der Waals surface area contributed by atoms with E-state index in [4.69, 9.17) is 10.8 Å². The highest BCUT2D eigenvalue weighted by molar-refractivity contribution is 7.89. The molecule has 0 unspecified atom stereocenters. The molecule has 4 N–H and O–H groups in total. The van der Waals surface area contributed by atoms with Crippen molar-refractivity contribution in [1.29, 1.82) is 0 Å². The van der Waals surface area contributed by atoms with E-state index in [0.29, 0.717) is 0 Å². The Morgan fingerprint density at radius 3 is 2.00 bits per heavy atom. The third-order valence-corrected chi connectivity index (χ3v) is 4.27. The van der Waals surface area contributed by atoms with Crippen LogP contribution in [0.3, 0.4) is 0 Å². The molecule has 0 aliphatic heterocycles. The molecule has 0 bridgehead atoms. The predicted octanol–water partition coefficient (Wildman–Crippen LogP) is 0.563. The van der Waals surface area contributed by atoms with E-state index in [2.05, 4.69) is 4.72 Å². The van der Waals surface area contributed by atoms with Crippen LogP contribution >= 0.6 is 0 Å². The number of nitrogens with two attached hydrogens (primary N) is 1. The third-order valence-electron chi connectivity index (χ3n) is 2.84. The second kappa shape index (κ2) is 5.82. The molecule has 0 aromatic heterocycles. The monoisotopic (exact) mass is 314 g/mol. The number of carboxylic acids is 1. The molecule has 116 valence electrons. The molecule has 1 aromatic rings. The lowest BCUT2D eigenvalue weighted by Gasteiger charge is -2.27. The Morgan fingerprint density at radius 2 is 1.67 bits per heavy atom. The van der Waals surface area contributed by atoms with Crippen LogP contribution in [0.25, 0.3) is 0 Å². The molecule has 0 saturated heterocycles. The molecule has 1 rings (SSSR count). The zero-order chi connectivity index (χ0) is 16.4. The van der Waals surface area contributed by atoms with Crippen LogP contribution in [0.5, 0.6) is 0 Å². The van der Waals surface area contributed by atoms with Gasteiger partial charge in [0, 0.05) is 5.56 Å². The van der Waals surface area contributed by atoms with Gasteiger partial charge < -0.3 is 10.8 Å². The molecule has 0 aliphatic carbocycles. The molecule has 0 aliphatic rings. The van der Waals surface area contributed by atoms with Gasteiger partial charge in [0.25, 0.3) is 0 Å². The number of carbonyl (C=O) groups excluding carboxylic acids is 1. The number of aliphatic carboxylic acids is 1. The summed E-state index contributed by atoms with van der Waals surface area (Å²) in [7, 11) is -4.01. The van der Waals surface area contributed by atoms with Crippen LogP contribution in [-0.2, 0) is 14.8 Å². The molecule has 8 heteroatoms. The number of carboxylic acid groups (broad SMARTS) is 1. The lowest BCUT2D eigenvalue weighted by atomic mass is 9.88. The number of benzene rings is 1. The number of primary amides is 1. The molecule has 0 radical (unpaired) electrons. The minimum atomic E-state index is -4.01. The average Bonchev–Trinajstić information content (AvgIpc) is 2.34. The Hall–Kier alpha value is -1.93. The fourth-order valence-electron chi connectivity index (χ4n) is 1.62. The fourth-order valence-corrected chi connectivity index (χ4v) is 3.01. The van der Waals surface area contributed by atoms with Crippen LogP contribution in [-0.4, -0.2) is 31.4 Å². The van der Waals surface area contributed by atoms with Crippen LogP contribution in [0.4, 0.5) is 0 Å². The number of hydrogen-bond donors (Lipinski definition) is 3. The maximum Gasteiger partial charge on any atom is 0.322 e. The van der Waals surface area contributed by atoms with E-state index in [1.165, 1.54) is 24.3 Å². The minimum absolute atomic E-state index is 0.136. The van der Waals surface area contributed by atoms with Crippen molar-refractivity contribution in [2.24, 2.45) is 11.1 Å². The van der Waals surface area contributed by atoms with Gasteiger partial charge in [0.05, 0.1) is 4.90 Å². The Bertz CT molecular complexity index is 644. The summed E-state index contributed by atoms with van der Waals surface area (Å²) in [6.45, 7) is 4.85. The first-order valence-corrected chi connectivity index (χ1v) is 7.58. The number of carbonyl (C=O) groups is 2. The summed E-state index contributed by atoms with van der Waals surface area (Å²) in [5.41, 5.74) is 4.44. The summed E-state index contributed by atoms with van der Waals surface area (Å²) >= 11 is 0. The van der Waals surface area contributed by atoms with Crippen LogP contribution in [0, 0.1) is 5.41 Å². The highest BCUT2D eigenvalue weighted by atomic mass is 32.2. The van der Waals surface area contributed by atoms with Gasteiger partial charge in [-0.25, -0.2) is 8.42 Å². The lowest BCUT2D eigenvalue weighted by molar-refractivity contribution is -0.141. The van der Waals surface area contributed by atoms with Crippen molar-refractivity contribution < 1.29 is 23.1 Å². The summed E-state index contributed by atoms with van der Waals surface area (Å²) in [5.74, 6) is -1.94. The predicted molar refractivity (Wildman–Crippen MR) is 76.2 cm³/mol. The Kier molecular flexibility index (Phi) is 4.75. The largest absolute Gasteiger partial charge is 0.480 e. The third kappa shape index (κ3) is 4.27. The zero-order valence-electron chi connectivity index (χ0n) is 12.0. The van der Waals surface area contributed by atoms with Gasteiger partial charge in [-0.3, -0.25) is 9.59 Å². The molecule has 1 aromatic carbocycles. The van der Waals surface area contributed by atoms with E-state index in [1.807, 2.05) is 0 Å². The molecule has 21 heavy (non-hydrogen) atoms. The molecule has 1 atom stereocenters. The highest BCUT2D eigenvalue weighted by Gasteiger charge is 2.35. The topological polar surface area (TPSA) is 127 Å². The maximum atomic E-state index is 12.2. The van der Waals surface area contributed by atoms with Gasteiger partial charge in [-0.15, -0.1) is 0 Å². The Labute approximate surface area is 123 Å². The average molecular weight is 314 g/mol. The van der Waals surface area contributed by atoms with E-state index in [-0.39, 0.29) is 10.5 Å². The molecule has 0 saturated carbocycles. The second-order valence-electron chi connectivity index (χ2n) is 5.65. The quantitative estimate of drug-likeness (QED) is 0.732. The van der Waals surface area contributed by atoms with Gasteiger partial charge in [-0.2, -0.15) is 4.72 Å². The summed E-state index contributed by atoms with van der Waals surface area (Å²) in [6, 6.07) is 3.65. The van der Waals surface area contributed by atoms with Crippen molar-refractivity contribution >= 4 is 21.9 Å². The summed E-state index contributed by atoms with van der Waals surface area (Å²) in [6.07, 6.45) is 0. The van der Waals surface area contributed by atoms with Crippen LogP contribution in [0.2, 0.25) is 0 Å². The maximum absolute atomic E-state index is 12.2. The molecule has 0 fully saturated rings. The van der Waals surface area contributed by atoms with Crippen molar-refractivity contribution in [3.05, 3.63) is 29.8 Å². The zero-order valence-corrected chi connectivity index (χ0v) is 12.8. The molecular weight excluding hydrogens is 296 g/mol. The Morgan fingerprint density at radius 1 is 1.19 bits per heavy atom. The SMILES string of the molecule is CC(C)(C)[C@@H](NS(=O)(=O)c1ccc(C(N)=O)cc1)C(=O)O. The van der Waals surface area contributed by atoms with Gasteiger partial charge in [0.1, 0.15) is 6.04 Å². The number of amides is 1. The van der Waals surface area contributed by atoms with E-state index in [9.17, 15) is 18.0 Å². The van der Waals surface area contributed by atoms with Gasteiger partial charge in [0.15, 0.2) is 0 Å². The standard InChI is InChI=1S/C13H18N2O5S/c1-13(2,3)10(12(17)18)15-21(19,20)9-6-4-8(5-7-9)11(14)16/h4-7,10,15H,1-3H3,(H2,14,16)(H,17,18)/t10-/m0/s1. The highest BCUT2D eigenvalue weighted by Crippen LogP contribution is 2.22. The number of rotatable bonds is 5. The van der Waals surface area contributed by atoms with Crippen LogP contribution in [0.1, 0.15) is 31.1 Å². The summed E-state index contributed by atoms with van der Waals surface area (Å²) in [5, 5.41) is 9.15. The lowest BCUT2D eigenvalue weighted by Crippen LogP contribution is -2.48. The first-order valence-electron chi connectivity index (χ1n) is 6.10. The molecule has 1 amide bonds. The van der Waals surface area contributed by atoms with Crippen molar-refractivity contribution in [2.45, 2.75) is 31.7 Å². The molecule has 0 spiro atoms. The number of hydrogen-bond acceptors (Lipinski definition) is 4. The van der Waals surface area contributed by atoms with Crippen molar-refractivity contribution in [2.75, 3.05) is 0 Å². The van der Waals surface area contributed by atoms with Crippen molar-refractivity contribution in [1.82, 2.24) is 4.72 Å². The first-order chi connectivity index (χ1) is 9.45. The van der Waals surface area contributed by atoms with Gasteiger partial charge in [-0.1, -0.05) is 20.8 Å². The fraction of sp³-hybridized carbons (Fsp3) is 0.385. The molecule has 7 nitrogen and oxygen atoms in total. The smallest absolute Gasteiger partial charge is 0.322 e. The van der Waals surface area contributed by atoms with Crippen molar-refractivity contribution in [3.63, 3.8) is 0 Å². The van der Waals surface area contributed by atoms with E-state index in [0.717, 1.165) is 0 Å². The van der Waals surface area contributed by atoms with Gasteiger partial charge in [0.2, 0.25) is 15.9 Å². The summed E-state index contributed by atoms with van der Waals surface area (Å²) < 4.78 is 26.5. The van der Waals surface area contributed by atoms with Crippen LogP contribution < -0.4 is 10.5 Å². The van der Waals surface area contributed by atoms with E-state index in [1.54, 1.807) is 20.8 Å². The second-order valence-corrected chi connectivity index (χ2v) is 7.36.